The second kappa shape index (κ2) is 10.8. The SMILES string of the molecule is CC#CCC(C)C(O)C=CC1C(O)CC2Oc3c(CCCC(=O)OCC)cccc3C21. The number of esters is 1. The third kappa shape index (κ3) is 5.50. The largest absolute Gasteiger partial charge is 0.489 e. The lowest BCUT2D eigenvalue weighted by Crippen LogP contribution is -2.19. The molecule has 0 aromatic heterocycles. The summed E-state index contributed by atoms with van der Waals surface area (Å²) < 4.78 is 11.3. The standard InChI is InChI=1S/C26H34O5/c1-4-6-9-17(3)21(27)15-14-19-22(28)16-23-25(19)20-12-7-10-18(26(20)31-23)11-8-13-24(29)30-5-2/h7,10,12,14-15,17,19,21-23,25,27-28H,5,8-9,11,13,16H2,1-3H3. The molecular weight excluding hydrogens is 392 g/mol. The van der Waals surface area contributed by atoms with Gasteiger partial charge in [-0.3, -0.25) is 4.79 Å². The Labute approximate surface area is 185 Å². The van der Waals surface area contributed by atoms with Crippen molar-refractivity contribution < 1.29 is 24.5 Å². The highest BCUT2D eigenvalue weighted by Crippen LogP contribution is 2.52. The molecular formula is C26H34O5. The molecule has 1 aliphatic carbocycles. The van der Waals surface area contributed by atoms with E-state index < -0.39 is 12.2 Å². The second-order valence-corrected chi connectivity index (χ2v) is 8.54. The van der Waals surface area contributed by atoms with Gasteiger partial charge < -0.3 is 19.7 Å². The monoisotopic (exact) mass is 426 g/mol. The van der Waals surface area contributed by atoms with Crippen LogP contribution in [0.15, 0.2) is 30.4 Å². The highest BCUT2D eigenvalue weighted by Gasteiger charge is 2.48. The van der Waals surface area contributed by atoms with E-state index in [4.69, 9.17) is 9.47 Å². The number of aryl methyl sites for hydroxylation is 1. The van der Waals surface area contributed by atoms with E-state index in [-0.39, 0.29) is 29.8 Å². The lowest BCUT2D eigenvalue weighted by atomic mass is 9.86. The van der Waals surface area contributed by atoms with Crippen LogP contribution < -0.4 is 4.74 Å². The number of benzene rings is 1. The van der Waals surface area contributed by atoms with Gasteiger partial charge in [-0.15, -0.1) is 11.8 Å². The van der Waals surface area contributed by atoms with E-state index in [1.54, 1.807) is 13.0 Å². The summed E-state index contributed by atoms with van der Waals surface area (Å²) in [5.74, 6) is 6.62. The zero-order chi connectivity index (χ0) is 22.4. The van der Waals surface area contributed by atoms with Crippen LogP contribution in [0.4, 0.5) is 0 Å². The lowest BCUT2D eigenvalue weighted by molar-refractivity contribution is -0.143. The van der Waals surface area contributed by atoms with Gasteiger partial charge in [-0.25, -0.2) is 0 Å². The van der Waals surface area contributed by atoms with Gasteiger partial charge in [0.2, 0.25) is 0 Å². The molecule has 1 aromatic carbocycles. The smallest absolute Gasteiger partial charge is 0.305 e. The maximum absolute atomic E-state index is 11.6. The summed E-state index contributed by atoms with van der Waals surface area (Å²) in [7, 11) is 0. The van der Waals surface area contributed by atoms with Crippen molar-refractivity contribution >= 4 is 5.97 Å². The van der Waals surface area contributed by atoms with Crippen LogP contribution in [0, 0.1) is 23.7 Å². The van der Waals surface area contributed by atoms with Crippen LogP contribution in [0.1, 0.15) is 63.5 Å². The molecule has 31 heavy (non-hydrogen) atoms. The van der Waals surface area contributed by atoms with Crippen molar-refractivity contribution in [1.29, 1.82) is 0 Å². The maximum atomic E-state index is 11.6. The van der Waals surface area contributed by atoms with Crippen LogP contribution in [-0.4, -0.2) is 41.1 Å². The molecule has 0 radical (unpaired) electrons. The molecule has 1 aliphatic heterocycles. The van der Waals surface area contributed by atoms with Gasteiger partial charge in [0.15, 0.2) is 0 Å². The van der Waals surface area contributed by atoms with Crippen molar-refractivity contribution in [2.24, 2.45) is 11.8 Å². The van der Waals surface area contributed by atoms with Gasteiger partial charge >= 0.3 is 5.97 Å². The van der Waals surface area contributed by atoms with Crippen molar-refractivity contribution in [3.8, 4) is 17.6 Å². The Kier molecular flexibility index (Phi) is 8.17. The Hall–Kier alpha value is -2.29. The number of hydrogen-bond donors (Lipinski definition) is 2. The van der Waals surface area contributed by atoms with E-state index in [0.29, 0.717) is 32.3 Å². The molecule has 5 heteroatoms. The highest BCUT2D eigenvalue weighted by atomic mass is 16.5. The van der Waals surface area contributed by atoms with Crippen molar-refractivity contribution in [2.75, 3.05) is 6.61 Å². The summed E-state index contributed by atoms with van der Waals surface area (Å²) in [5, 5.41) is 21.1. The average molecular weight is 427 g/mol. The zero-order valence-corrected chi connectivity index (χ0v) is 18.7. The zero-order valence-electron chi connectivity index (χ0n) is 18.7. The molecule has 2 N–H and O–H groups in total. The lowest BCUT2D eigenvalue weighted by Gasteiger charge is -2.19. The van der Waals surface area contributed by atoms with Crippen LogP contribution in [-0.2, 0) is 16.0 Å². The predicted octanol–water partition coefficient (Wildman–Crippen LogP) is 3.76. The third-order valence-electron chi connectivity index (χ3n) is 6.34. The summed E-state index contributed by atoms with van der Waals surface area (Å²) in [6.45, 7) is 5.99. The second-order valence-electron chi connectivity index (χ2n) is 8.54. The first-order valence-corrected chi connectivity index (χ1v) is 11.3. The van der Waals surface area contributed by atoms with Crippen LogP contribution in [0.2, 0.25) is 0 Å². The Morgan fingerprint density at radius 3 is 2.97 bits per heavy atom. The highest BCUT2D eigenvalue weighted by molar-refractivity contribution is 5.69. The van der Waals surface area contributed by atoms with E-state index in [1.807, 2.05) is 32.1 Å². The summed E-state index contributed by atoms with van der Waals surface area (Å²) in [4.78, 5) is 11.6. The van der Waals surface area contributed by atoms with Gasteiger partial charge in [-0.1, -0.05) is 37.3 Å². The fourth-order valence-electron chi connectivity index (χ4n) is 4.64. The molecule has 3 rings (SSSR count). The normalized spacial score (nSPS) is 25.8. The fraction of sp³-hybridized carbons (Fsp3) is 0.577. The van der Waals surface area contributed by atoms with Gasteiger partial charge in [-0.05, 0) is 38.2 Å². The molecule has 1 saturated carbocycles. The average Bonchev–Trinajstić information content (AvgIpc) is 3.25. The number of fused-ring (bicyclic) bond motifs is 3. The first-order valence-electron chi connectivity index (χ1n) is 11.3. The Morgan fingerprint density at radius 2 is 2.23 bits per heavy atom. The minimum Gasteiger partial charge on any atom is -0.489 e. The van der Waals surface area contributed by atoms with Crippen molar-refractivity contribution in [3.05, 3.63) is 41.5 Å². The molecule has 0 saturated heterocycles. The number of carbonyl (C=O) groups excluding carboxylic acids is 1. The first-order chi connectivity index (χ1) is 15.0. The van der Waals surface area contributed by atoms with Gasteiger partial charge in [0, 0.05) is 36.7 Å². The van der Waals surface area contributed by atoms with Crippen LogP contribution >= 0.6 is 0 Å². The molecule has 5 nitrogen and oxygen atoms in total. The summed E-state index contributed by atoms with van der Waals surface area (Å²) in [5.41, 5.74) is 2.21. The topological polar surface area (TPSA) is 76.0 Å². The quantitative estimate of drug-likeness (QED) is 0.357. The number of carbonyl (C=O) groups is 1. The molecule has 0 spiro atoms. The van der Waals surface area contributed by atoms with E-state index in [1.165, 1.54) is 0 Å². The van der Waals surface area contributed by atoms with E-state index >= 15 is 0 Å². The van der Waals surface area contributed by atoms with Gasteiger partial charge in [0.25, 0.3) is 0 Å². The number of hydrogen-bond acceptors (Lipinski definition) is 5. The number of ether oxygens (including phenoxy) is 2. The molecule has 168 valence electrons. The Morgan fingerprint density at radius 1 is 1.42 bits per heavy atom. The van der Waals surface area contributed by atoms with E-state index in [2.05, 4.69) is 17.9 Å². The predicted molar refractivity (Wildman–Crippen MR) is 120 cm³/mol. The van der Waals surface area contributed by atoms with Crippen molar-refractivity contribution in [3.63, 3.8) is 0 Å². The number of rotatable bonds is 9. The van der Waals surface area contributed by atoms with Crippen molar-refractivity contribution in [1.82, 2.24) is 0 Å². The van der Waals surface area contributed by atoms with E-state index in [9.17, 15) is 15.0 Å². The first kappa shape index (κ1) is 23.4. The van der Waals surface area contributed by atoms with E-state index in [0.717, 1.165) is 23.3 Å². The number of aliphatic hydroxyl groups excluding tert-OH is 2. The molecule has 2 aliphatic rings. The number of aliphatic hydroxyl groups is 2. The van der Waals surface area contributed by atoms with Crippen LogP contribution in [0.25, 0.3) is 0 Å². The molecule has 0 bridgehead atoms. The number of para-hydroxylation sites is 1. The molecule has 6 atom stereocenters. The molecule has 1 heterocycles. The van der Waals surface area contributed by atoms with Crippen LogP contribution in [0.3, 0.4) is 0 Å². The maximum Gasteiger partial charge on any atom is 0.305 e. The minimum atomic E-state index is -0.594. The summed E-state index contributed by atoms with van der Waals surface area (Å²) in [6.07, 6.45) is 5.68. The Balaban J connectivity index is 1.70. The van der Waals surface area contributed by atoms with Crippen LogP contribution in [0.5, 0.6) is 5.75 Å². The van der Waals surface area contributed by atoms with Gasteiger partial charge in [-0.2, -0.15) is 0 Å². The summed E-state index contributed by atoms with van der Waals surface area (Å²) >= 11 is 0. The molecule has 1 aromatic rings. The molecule has 1 fully saturated rings. The molecule has 0 amide bonds. The van der Waals surface area contributed by atoms with Crippen molar-refractivity contribution in [2.45, 2.75) is 77.1 Å². The molecule has 6 unspecified atom stereocenters. The minimum absolute atomic E-state index is 0.0381. The van der Waals surface area contributed by atoms with Gasteiger partial charge in [0.05, 0.1) is 18.8 Å². The van der Waals surface area contributed by atoms with Gasteiger partial charge in [0.1, 0.15) is 11.9 Å². The fourth-order valence-corrected chi connectivity index (χ4v) is 4.64. The Bertz CT molecular complexity index is 849. The third-order valence-corrected chi connectivity index (χ3v) is 6.34. The summed E-state index contributed by atoms with van der Waals surface area (Å²) in [6, 6.07) is 6.15.